The lowest BCUT2D eigenvalue weighted by atomic mass is 10.3. The van der Waals surface area contributed by atoms with Gasteiger partial charge < -0.3 is 14.6 Å². The Bertz CT molecular complexity index is 543. The van der Waals surface area contributed by atoms with Crippen LogP contribution < -0.4 is 10.2 Å². The van der Waals surface area contributed by atoms with Crippen LogP contribution in [-0.2, 0) is 6.54 Å². The third-order valence-electron chi connectivity index (χ3n) is 2.59. The van der Waals surface area contributed by atoms with Gasteiger partial charge in [0.15, 0.2) is 23.3 Å². The lowest BCUT2D eigenvalue weighted by molar-refractivity contribution is 0.503. The van der Waals surface area contributed by atoms with Crippen LogP contribution in [0, 0.1) is 11.6 Å². The maximum Gasteiger partial charge on any atom is 0.168 e. The van der Waals surface area contributed by atoms with Crippen molar-refractivity contribution < 1.29 is 13.2 Å². The molecule has 4 nitrogen and oxygen atoms in total. The molecule has 0 amide bonds. The summed E-state index contributed by atoms with van der Waals surface area (Å²) < 4.78 is 32.4. The zero-order valence-electron chi connectivity index (χ0n) is 10.8. The largest absolute Gasteiger partial charge is 0.467 e. The van der Waals surface area contributed by atoms with Gasteiger partial charge in [-0.05, 0) is 19.1 Å². The van der Waals surface area contributed by atoms with Crippen LogP contribution in [0.4, 0.5) is 20.4 Å². The van der Waals surface area contributed by atoms with Gasteiger partial charge in [-0.25, -0.2) is 13.8 Å². The SMILES string of the molecule is CCNc1nc(N(C)Cc2ccco2)c(F)cc1F. The van der Waals surface area contributed by atoms with Crippen LogP contribution in [0.2, 0.25) is 0 Å². The monoisotopic (exact) mass is 267 g/mol. The summed E-state index contributed by atoms with van der Waals surface area (Å²) in [6.45, 7) is 2.68. The van der Waals surface area contributed by atoms with E-state index in [2.05, 4.69) is 10.3 Å². The van der Waals surface area contributed by atoms with Crippen LogP contribution in [-0.4, -0.2) is 18.6 Å². The lowest BCUT2D eigenvalue weighted by Gasteiger charge is -2.18. The van der Waals surface area contributed by atoms with E-state index in [1.807, 2.05) is 6.92 Å². The summed E-state index contributed by atoms with van der Waals surface area (Å²) in [6, 6.07) is 4.36. The van der Waals surface area contributed by atoms with E-state index in [0.29, 0.717) is 18.8 Å². The quantitative estimate of drug-likeness (QED) is 0.904. The molecule has 0 saturated carbocycles. The fraction of sp³-hybridized carbons (Fsp3) is 0.308. The predicted octanol–water partition coefficient (Wildman–Crippen LogP) is 3.02. The summed E-state index contributed by atoms with van der Waals surface area (Å²) in [5.74, 6) is -0.598. The molecule has 2 heterocycles. The van der Waals surface area contributed by atoms with Crippen molar-refractivity contribution in [2.24, 2.45) is 0 Å². The minimum absolute atomic E-state index is 0.0465. The van der Waals surface area contributed by atoms with Crippen molar-refractivity contribution in [1.29, 1.82) is 0 Å². The van der Waals surface area contributed by atoms with Gasteiger partial charge in [-0.1, -0.05) is 0 Å². The summed E-state index contributed by atoms with van der Waals surface area (Å²) in [7, 11) is 1.67. The minimum atomic E-state index is -0.701. The first-order valence-corrected chi connectivity index (χ1v) is 5.95. The molecule has 0 unspecified atom stereocenters. The molecule has 0 atom stereocenters. The smallest absolute Gasteiger partial charge is 0.168 e. The number of nitrogens with zero attached hydrogens (tertiary/aromatic N) is 2. The maximum atomic E-state index is 13.7. The lowest BCUT2D eigenvalue weighted by Crippen LogP contribution is -2.20. The zero-order chi connectivity index (χ0) is 13.8. The van der Waals surface area contributed by atoms with E-state index in [1.54, 1.807) is 30.3 Å². The number of furan rings is 1. The van der Waals surface area contributed by atoms with Crippen molar-refractivity contribution in [3.63, 3.8) is 0 Å². The molecule has 0 aliphatic carbocycles. The molecule has 0 spiro atoms. The number of rotatable bonds is 5. The third kappa shape index (κ3) is 3.01. The van der Waals surface area contributed by atoms with Gasteiger partial charge in [-0.2, -0.15) is 0 Å². The normalized spacial score (nSPS) is 10.5. The average Bonchev–Trinajstić information content (AvgIpc) is 2.85. The number of aromatic nitrogens is 1. The Morgan fingerprint density at radius 2 is 2.16 bits per heavy atom. The molecule has 102 valence electrons. The van der Waals surface area contributed by atoms with Gasteiger partial charge in [-0.15, -0.1) is 0 Å². The number of hydrogen-bond acceptors (Lipinski definition) is 4. The minimum Gasteiger partial charge on any atom is -0.467 e. The maximum absolute atomic E-state index is 13.7. The molecule has 2 aromatic heterocycles. The van der Waals surface area contributed by atoms with Crippen molar-refractivity contribution in [3.05, 3.63) is 41.9 Å². The van der Waals surface area contributed by atoms with Crippen molar-refractivity contribution in [2.45, 2.75) is 13.5 Å². The molecule has 1 N–H and O–H groups in total. The Labute approximate surface area is 110 Å². The second-order valence-corrected chi connectivity index (χ2v) is 4.09. The van der Waals surface area contributed by atoms with E-state index in [4.69, 9.17) is 4.42 Å². The van der Waals surface area contributed by atoms with E-state index in [0.717, 1.165) is 6.07 Å². The molecular formula is C13H15F2N3O. The Morgan fingerprint density at radius 3 is 2.79 bits per heavy atom. The summed E-state index contributed by atoms with van der Waals surface area (Å²) in [5.41, 5.74) is 0. The highest BCUT2D eigenvalue weighted by molar-refractivity contribution is 5.48. The number of hydrogen-bond donors (Lipinski definition) is 1. The van der Waals surface area contributed by atoms with Gasteiger partial charge in [0.2, 0.25) is 0 Å². The molecule has 2 rings (SSSR count). The van der Waals surface area contributed by atoms with Crippen molar-refractivity contribution in [3.8, 4) is 0 Å². The van der Waals surface area contributed by atoms with Gasteiger partial charge in [0.25, 0.3) is 0 Å². The topological polar surface area (TPSA) is 41.3 Å². The molecule has 0 bridgehead atoms. The van der Waals surface area contributed by atoms with Crippen molar-refractivity contribution in [2.75, 3.05) is 23.8 Å². The first-order valence-electron chi connectivity index (χ1n) is 5.95. The first-order chi connectivity index (χ1) is 9.11. The standard InChI is InChI=1S/C13H15F2N3O/c1-3-16-12-10(14)7-11(15)13(17-12)18(2)8-9-5-4-6-19-9/h4-7H,3,8H2,1-2H3,(H,16,17). The number of halogens is 2. The first kappa shape index (κ1) is 13.3. The van der Waals surface area contributed by atoms with E-state index < -0.39 is 11.6 Å². The molecule has 2 aromatic rings. The van der Waals surface area contributed by atoms with Gasteiger partial charge in [0.05, 0.1) is 12.8 Å². The highest BCUT2D eigenvalue weighted by Crippen LogP contribution is 2.22. The number of pyridine rings is 1. The highest BCUT2D eigenvalue weighted by Gasteiger charge is 2.15. The Morgan fingerprint density at radius 1 is 1.37 bits per heavy atom. The van der Waals surface area contributed by atoms with E-state index in [1.165, 1.54) is 0 Å². The fourth-order valence-electron chi connectivity index (χ4n) is 1.73. The molecule has 6 heteroatoms. The van der Waals surface area contributed by atoms with Crippen LogP contribution in [0.15, 0.2) is 28.9 Å². The molecule has 0 aromatic carbocycles. The molecular weight excluding hydrogens is 252 g/mol. The summed E-state index contributed by atoms with van der Waals surface area (Å²) in [6.07, 6.45) is 1.54. The highest BCUT2D eigenvalue weighted by atomic mass is 19.1. The summed E-state index contributed by atoms with van der Waals surface area (Å²) in [4.78, 5) is 5.53. The van der Waals surface area contributed by atoms with Crippen molar-refractivity contribution >= 4 is 11.6 Å². The predicted molar refractivity (Wildman–Crippen MR) is 69.1 cm³/mol. The fourth-order valence-corrected chi connectivity index (χ4v) is 1.73. The Kier molecular flexibility index (Phi) is 3.99. The Hall–Kier alpha value is -2.11. The van der Waals surface area contributed by atoms with E-state index in [9.17, 15) is 8.78 Å². The summed E-state index contributed by atoms with van der Waals surface area (Å²) in [5, 5.41) is 2.75. The van der Waals surface area contributed by atoms with Crippen LogP contribution in [0.1, 0.15) is 12.7 Å². The van der Waals surface area contributed by atoms with Crippen molar-refractivity contribution in [1.82, 2.24) is 4.98 Å². The van der Waals surface area contributed by atoms with Crippen LogP contribution in [0.25, 0.3) is 0 Å². The third-order valence-corrected chi connectivity index (χ3v) is 2.59. The van der Waals surface area contributed by atoms with Gasteiger partial charge in [0, 0.05) is 19.7 Å². The van der Waals surface area contributed by atoms with Gasteiger partial charge in [-0.3, -0.25) is 0 Å². The number of nitrogens with one attached hydrogen (secondary N) is 1. The average molecular weight is 267 g/mol. The van der Waals surface area contributed by atoms with Crippen LogP contribution in [0.5, 0.6) is 0 Å². The molecule has 0 radical (unpaired) electrons. The number of anilines is 2. The second-order valence-electron chi connectivity index (χ2n) is 4.09. The van der Waals surface area contributed by atoms with Gasteiger partial charge in [0.1, 0.15) is 5.76 Å². The van der Waals surface area contributed by atoms with Gasteiger partial charge >= 0.3 is 0 Å². The van der Waals surface area contributed by atoms with Crippen LogP contribution in [0.3, 0.4) is 0 Å². The molecule has 0 aliphatic rings. The molecule has 19 heavy (non-hydrogen) atoms. The molecule has 0 saturated heterocycles. The molecule has 0 aliphatic heterocycles. The Balaban J connectivity index is 2.25. The zero-order valence-corrected chi connectivity index (χ0v) is 10.8. The second kappa shape index (κ2) is 5.69. The molecule has 0 fully saturated rings. The summed E-state index contributed by atoms with van der Waals surface area (Å²) >= 11 is 0. The van der Waals surface area contributed by atoms with E-state index >= 15 is 0 Å². The van der Waals surface area contributed by atoms with E-state index in [-0.39, 0.29) is 11.6 Å². The van der Waals surface area contributed by atoms with Crippen LogP contribution >= 0.6 is 0 Å².